The zero-order chi connectivity index (χ0) is 6.69. The van der Waals surface area contributed by atoms with Gasteiger partial charge >= 0.3 is 6.09 Å². The molecule has 0 aromatic rings. The van der Waals surface area contributed by atoms with E-state index in [4.69, 9.17) is 4.74 Å². The summed E-state index contributed by atoms with van der Waals surface area (Å²) >= 11 is 0. The molecule has 1 aliphatic heterocycles. The predicted molar refractivity (Wildman–Crippen MR) is 34.2 cm³/mol. The minimum absolute atomic E-state index is 0.170. The summed E-state index contributed by atoms with van der Waals surface area (Å²) < 4.78 is 9.48. The van der Waals surface area contributed by atoms with Crippen LogP contribution in [-0.4, -0.2) is 35.8 Å². The highest BCUT2D eigenvalue weighted by molar-refractivity contribution is 6.12. The standard InChI is InChI=1S/C4H9NO3Si/c6-4(5-9)8-2-3-1-7-3/h3H,1-2H2,9H3,(H,5,6). The van der Waals surface area contributed by atoms with E-state index in [0.717, 1.165) is 6.61 Å². The van der Waals surface area contributed by atoms with Crippen LogP contribution in [-0.2, 0) is 9.47 Å². The molecule has 1 unspecified atom stereocenters. The van der Waals surface area contributed by atoms with Gasteiger partial charge in [0.15, 0.2) is 0 Å². The van der Waals surface area contributed by atoms with Crippen molar-refractivity contribution in [2.75, 3.05) is 13.2 Å². The number of carbonyl (C=O) groups is 1. The molecule has 5 heteroatoms. The highest BCUT2D eigenvalue weighted by Gasteiger charge is 2.23. The Morgan fingerprint density at radius 1 is 2.00 bits per heavy atom. The minimum Gasteiger partial charge on any atom is -0.447 e. The van der Waals surface area contributed by atoms with Crippen molar-refractivity contribution in [2.45, 2.75) is 6.10 Å². The number of rotatable bonds is 2. The first-order chi connectivity index (χ1) is 4.33. The Balaban J connectivity index is 1.96. The van der Waals surface area contributed by atoms with Crippen LogP contribution in [0.2, 0.25) is 0 Å². The molecule has 1 fully saturated rings. The molecule has 52 valence electrons. The molecule has 9 heavy (non-hydrogen) atoms. The van der Waals surface area contributed by atoms with E-state index in [1.807, 2.05) is 0 Å². The second kappa shape index (κ2) is 2.84. The van der Waals surface area contributed by atoms with Crippen molar-refractivity contribution in [3.63, 3.8) is 0 Å². The van der Waals surface area contributed by atoms with Gasteiger partial charge in [0.25, 0.3) is 0 Å². The lowest BCUT2D eigenvalue weighted by Gasteiger charge is -1.98. The molecule has 0 saturated carbocycles. The van der Waals surface area contributed by atoms with Crippen molar-refractivity contribution in [1.82, 2.24) is 4.98 Å². The third-order valence-electron chi connectivity index (χ3n) is 1.01. The van der Waals surface area contributed by atoms with E-state index in [1.165, 1.54) is 0 Å². The molecule has 4 nitrogen and oxygen atoms in total. The third kappa shape index (κ3) is 2.48. The fraction of sp³-hybridized carbons (Fsp3) is 0.750. The number of ether oxygens (including phenoxy) is 2. The first-order valence-electron chi connectivity index (χ1n) is 2.79. The Labute approximate surface area is 56.0 Å². The number of hydrogen-bond acceptors (Lipinski definition) is 3. The Morgan fingerprint density at radius 2 is 2.67 bits per heavy atom. The fourth-order valence-corrected chi connectivity index (χ4v) is 0.549. The largest absolute Gasteiger partial charge is 0.447 e. The second-order valence-electron chi connectivity index (χ2n) is 1.80. The van der Waals surface area contributed by atoms with Crippen LogP contribution in [0.3, 0.4) is 0 Å². The number of carbonyl (C=O) groups excluding carboxylic acids is 1. The smallest absolute Gasteiger partial charge is 0.398 e. The van der Waals surface area contributed by atoms with Crippen LogP contribution >= 0.6 is 0 Å². The third-order valence-corrected chi connectivity index (χ3v) is 1.42. The summed E-state index contributed by atoms with van der Waals surface area (Å²) in [5.41, 5.74) is 0. The molecule has 0 aliphatic carbocycles. The van der Waals surface area contributed by atoms with Crippen LogP contribution in [0.15, 0.2) is 0 Å². The predicted octanol–water partition coefficient (Wildman–Crippen LogP) is -1.61. The molecule has 0 radical (unpaired) electrons. The van der Waals surface area contributed by atoms with Crippen molar-refractivity contribution in [3.8, 4) is 0 Å². The molecule has 1 atom stereocenters. The Hall–Kier alpha value is -0.553. The van der Waals surface area contributed by atoms with Gasteiger partial charge in [-0.1, -0.05) is 0 Å². The molecular weight excluding hydrogens is 138 g/mol. The maximum absolute atomic E-state index is 10.4. The summed E-state index contributed by atoms with van der Waals surface area (Å²) in [6.07, 6.45) is -0.166. The van der Waals surface area contributed by atoms with Gasteiger partial charge in [-0.05, 0) is 0 Å². The Kier molecular flexibility index (Phi) is 2.07. The number of epoxide rings is 1. The number of nitrogens with one attached hydrogen (secondary N) is 1. The van der Waals surface area contributed by atoms with E-state index in [1.54, 1.807) is 0 Å². The molecule has 0 spiro atoms. The maximum atomic E-state index is 10.4. The van der Waals surface area contributed by atoms with Crippen molar-refractivity contribution in [1.29, 1.82) is 0 Å². The molecule has 1 heterocycles. The summed E-state index contributed by atoms with van der Waals surface area (Å²) in [5.74, 6) is 0. The summed E-state index contributed by atoms with van der Waals surface area (Å²) in [7, 11) is 0.638. The molecule has 1 rings (SSSR count). The highest BCUT2D eigenvalue weighted by Crippen LogP contribution is 2.07. The van der Waals surface area contributed by atoms with Crippen LogP contribution in [0.25, 0.3) is 0 Å². The van der Waals surface area contributed by atoms with Crippen molar-refractivity contribution in [2.24, 2.45) is 0 Å². The van der Waals surface area contributed by atoms with Crippen molar-refractivity contribution >= 4 is 16.5 Å². The lowest BCUT2D eigenvalue weighted by molar-refractivity contribution is 0.142. The van der Waals surface area contributed by atoms with Crippen LogP contribution in [0, 0.1) is 0 Å². The van der Waals surface area contributed by atoms with Gasteiger partial charge in [-0.3, -0.25) is 0 Å². The van der Waals surface area contributed by atoms with Gasteiger partial charge in [0.1, 0.15) is 23.1 Å². The van der Waals surface area contributed by atoms with Crippen molar-refractivity contribution in [3.05, 3.63) is 0 Å². The van der Waals surface area contributed by atoms with E-state index in [9.17, 15) is 4.79 Å². The number of hydrogen-bond donors (Lipinski definition) is 1. The van der Waals surface area contributed by atoms with E-state index >= 15 is 0 Å². The van der Waals surface area contributed by atoms with Gasteiger partial charge < -0.3 is 14.5 Å². The first kappa shape index (κ1) is 6.57. The van der Waals surface area contributed by atoms with Gasteiger partial charge in [0.05, 0.1) is 6.61 Å². The van der Waals surface area contributed by atoms with E-state index in [-0.39, 0.29) is 12.2 Å². The van der Waals surface area contributed by atoms with Crippen LogP contribution in [0.4, 0.5) is 4.79 Å². The fourth-order valence-electron chi connectivity index (χ4n) is 0.405. The van der Waals surface area contributed by atoms with Gasteiger partial charge in [-0.2, -0.15) is 0 Å². The number of amides is 1. The zero-order valence-electron chi connectivity index (χ0n) is 5.22. The molecule has 1 N–H and O–H groups in total. The topological polar surface area (TPSA) is 50.9 Å². The molecule has 0 aromatic carbocycles. The lowest BCUT2D eigenvalue weighted by Crippen LogP contribution is -2.22. The quantitative estimate of drug-likeness (QED) is 0.378. The van der Waals surface area contributed by atoms with Gasteiger partial charge in [0.2, 0.25) is 0 Å². The molecule has 1 amide bonds. The van der Waals surface area contributed by atoms with Crippen LogP contribution in [0.5, 0.6) is 0 Å². The first-order valence-corrected chi connectivity index (χ1v) is 3.79. The Morgan fingerprint density at radius 3 is 3.11 bits per heavy atom. The highest BCUT2D eigenvalue weighted by atomic mass is 28.2. The normalized spacial score (nSPS) is 23.3. The van der Waals surface area contributed by atoms with Gasteiger partial charge in [-0.25, -0.2) is 4.79 Å². The zero-order valence-corrected chi connectivity index (χ0v) is 7.22. The van der Waals surface area contributed by atoms with E-state index in [0.29, 0.717) is 17.0 Å². The lowest BCUT2D eigenvalue weighted by atomic mass is 10.5. The second-order valence-corrected chi connectivity index (χ2v) is 2.30. The summed E-state index contributed by atoms with van der Waals surface area (Å²) in [6, 6.07) is 0. The van der Waals surface area contributed by atoms with Crippen molar-refractivity contribution < 1.29 is 14.3 Å². The molecule has 1 aliphatic rings. The van der Waals surface area contributed by atoms with Gasteiger partial charge in [-0.15, -0.1) is 0 Å². The van der Waals surface area contributed by atoms with E-state index < -0.39 is 0 Å². The summed E-state index contributed by atoms with van der Waals surface area (Å²) in [4.78, 5) is 12.9. The monoisotopic (exact) mass is 147 g/mol. The summed E-state index contributed by atoms with van der Waals surface area (Å²) in [5, 5.41) is 0. The molecule has 0 bridgehead atoms. The Bertz CT molecular complexity index is 114. The summed E-state index contributed by atoms with van der Waals surface area (Å²) in [6.45, 7) is 1.13. The molecule has 0 aromatic heterocycles. The van der Waals surface area contributed by atoms with Gasteiger partial charge in [0, 0.05) is 0 Å². The van der Waals surface area contributed by atoms with Crippen LogP contribution in [0.1, 0.15) is 0 Å². The SMILES string of the molecule is O=C(N[SiH3])OCC1CO1. The van der Waals surface area contributed by atoms with E-state index in [2.05, 4.69) is 9.72 Å². The average molecular weight is 147 g/mol. The van der Waals surface area contributed by atoms with Crippen LogP contribution < -0.4 is 4.98 Å². The molecular formula is C4H9NO3Si. The molecule has 1 saturated heterocycles. The average Bonchev–Trinajstić information content (AvgIpc) is 2.65. The minimum atomic E-state index is -0.336. The maximum Gasteiger partial charge on any atom is 0.398 e.